The fourth-order valence-electron chi connectivity index (χ4n) is 3.36. The van der Waals surface area contributed by atoms with Gasteiger partial charge >= 0.3 is 5.97 Å². The Morgan fingerprint density at radius 2 is 1.96 bits per heavy atom. The molecule has 0 spiro atoms. The van der Waals surface area contributed by atoms with Crippen molar-refractivity contribution in [2.75, 3.05) is 12.4 Å². The maximum Gasteiger partial charge on any atom is 0.341 e. The summed E-state index contributed by atoms with van der Waals surface area (Å²) in [6, 6.07) is 6.36. The average Bonchev–Trinajstić information content (AvgIpc) is 3.37. The zero-order valence-corrected chi connectivity index (χ0v) is 16.4. The van der Waals surface area contributed by atoms with Crippen LogP contribution in [0.4, 0.5) is 5.00 Å². The highest BCUT2D eigenvalue weighted by molar-refractivity contribution is 7.15. The minimum absolute atomic E-state index is 0.333. The van der Waals surface area contributed by atoms with E-state index in [0.717, 1.165) is 24.0 Å². The summed E-state index contributed by atoms with van der Waals surface area (Å²) in [6.07, 6.45) is 4.59. The first-order chi connectivity index (χ1) is 13.2. The highest BCUT2D eigenvalue weighted by Crippen LogP contribution is 2.38. The van der Waals surface area contributed by atoms with Crippen LogP contribution in [0.3, 0.4) is 0 Å². The van der Waals surface area contributed by atoms with Crippen LogP contribution in [0.15, 0.2) is 34.5 Å². The summed E-state index contributed by atoms with van der Waals surface area (Å²) in [6.45, 7) is 0. The lowest BCUT2D eigenvalue weighted by Gasteiger charge is -2.16. The molecule has 27 heavy (non-hydrogen) atoms. The van der Waals surface area contributed by atoms with Gasteiger partial charge in [-0.1, -0.05) is 18.2 Å². The molecule has 0 unspecified atom stereocenters. The number of esters is 1. The van der Waals surface area contributed by atoms with Crippen molar-refractivity contribution < 1.29 is 14.3 Å². The van der Waals surface area contributed by atoms with E-state index in [9.17, 15) is 9.59 Å². The lowest BCUT2D eigenvalue weighted by Crippen LogP contribution is -2.14. The molecule has 5 nitrogen and oxygen atoms in total. The summed E-state index contributed by atoms with van der Waals surface area (Å²) in [5.41, 5.74) is 6.81. The normalized spacial score (nSPS) is 13.1. The van der Waals surface area contributed by atoms with Crippen LogP contribution in [0.25, 0.3) is 11.1 Å². The van der Waals surface area contributed by atoms with Gasteiger partial charge in [0.05, 0.1) is 12.6 Å². The van der Waals surface area contributed by atoms with Crippen LogP contribution in [0, 0.1) is 0 Å². The molecular weight excluding hydrogens is 380 g/mol. The fraction of sp³-hybridized carbons (Fsp3) is 0.250. The van der Waals surface area contributed by atoms with Crippen molar-refractivity contribution in [1.82, 2.24) is 4.98 Å². The largest absolute Gasteiger partial charge is 0.465 e. The number of carbonyl (C=O) groups excluding carboxylic acids is 2. The van der Waals surface area contributed by atoms with Gasteiger partial charge in [0, 0.05) is 16.3 Å². The van der Waals surface area contributed by atoms with E-state index in [4.69, 9.17) is 4.74 Å². The predicted octanol–water partition coefficient (Wildman–Crippen LogP) is 4.79. The molecule has 3 aromatic rings. The summed E-state index contributed by atoms with van der Waals surface area (Å²) in [7, 11) is 1.35. The van der Waals surface area contributed by atoms with Crippen LogP contribution in [-0.4, -0.2) is 24.0 Å². The van der Waals surface area contributed by atoms with E-state index < -0.39 is 5.97 Å². The van der Waals surface area contributed by atoms with Crippen LogP contribution in [0.5, 0.6) is 0 Å². The van der Waals surface area contributed by atoms with E-state index in [1.807, 2.05) is 11.4 Å². The number of aromatic nitrogens is 1. The van der Waals surface area contributed by atoms with Gasteiger partial charge in [-0.2, -0.15) is 0 Å². The summed E-state index contributed by atoms with van der Waals surface area (Å²) >= 11 is 2.67. The van der Waals surface area contributed by atoms with Crippen molar-refractivity contribution in [3.05, 3.63) is 56.9 Å². The molecule has 0 saturated heterocycles. The number of nitrogens with one attached hydrogen (secondary N) is 1. The molecule has 7 heteroatoms. The number of amides is 1. The molecule has 1 aliphatic carbocycles. The number of methoxy groups -OCH3 is 1. The highest BCUT2D eigenvalue weighted by Gasteiger charge is 2.23. The Morgan fingerprint density at radius 1 is 1.15 bits per heavy atom. The number of nitrogens with zero attached hydrogens (tertiary/aromatic N) is 1. The monoisotopic (exact) mass is 398 g/mol. The number of hydrogen-bond donors (Lipinski definition) is 1. The van der Waals surface area contributed by atoms with E-state index in [1.54, 1.807) is 10.9 Å². The lowest BCUT2D eigenvalue weighted by atomic mass is 9.89. The third-order valence-electron chi connectivity index (χ3n) is 4.73. The van der Waals surface area contributed by atoms with Crippen molar-refractivity contribution in [2.24, 2.45) is 0 Å². The topological polar surface area (TPSA) is 68.3 Å². The van der Waals surface area contributed by atoms with Crippen molar-refractivity contribution >= 4 is 39.6 Å². The van der Waals surface area contributed by atoms with Gasteiger partial charge in [-0.05, 0) is 42.4 Å². The minimum Gasteiger partial charge on any atom is -0.465 e. The molecule has 0 bridgehead atoms. The van der Waals surface area contributed by atoms with E-state index >= 15 is 0 Å². The van der Waals surface area contributed by atoms with Crippen LogP contribution in [0.2, 0.25) is 0 Å². The third-order valence-corrected chi connectivity index (χ3v) is 6.21. The predicted molar refractivity (Wildman–Crippen MR) is 108 cm³/mol. The molecule has 138 valence electrons. The molecule has 1 aliphatic rings. The molecule has 2 aromatic heterocycles. The molecule has 2 heterocycles. The Balaban J connectivity index is 1.72. The number of aryl methyl sites for hydroxylation is 2. The molecule has 4 rings (SSSR count). The van der Waals surface area contributed by atoms with Crippen LogP contribution in [0.1, 0.15) is 44.8 Å². The zero-order valence-electron chi connectivity index (χ0n) is 14.8. The van der Waals surface area contributed by atoms with Gasteiger partial charge in [0.15, 0.2) is 0 Å². The highest BCUT2D eigenvalue weighted by atomic mass is 32.1. The molecule has 1 amide bonds. The molecule has 0 saturated carbocycles. The first-order valence-electron chi connectivity index (χ1n) is 8.69. The number of ether oxygens (including phenoxy) is 1. The van der Waals surface area contributed by atoms with Gasteiger partial charge in [0.1, 0.15) is 16.3 Å². The number of thiazole rings is 1. The van der Waals surface area contributed by atoms with E-state index in [0.29, 0.717) is 16.3 Å². The van der Waals surface area contributed by atoms with Crippen molar-refractivity contribution in [2.45, 2.75) is 25.7 Å². The van der Waals surface area contributed by atoms with Gasteiger partial charge in [-0.3, -0.25) is 4.79 Å². The van der Waals surface area contributed by atoms with Crippen molar-refractivity contribution in [3.8, 4) is 11.1 Å². The van der Waals surface area contributed by atoms with Crippen LogP contribution >= 0.6 is 22.7 Å². The van der Waals surface area contributed by atoms with E-state index in [2.05, 4.69) is 22.4 Å². The van der Waals surface area contributed by atoms with Crippen molar-refractivity contribution in [3.63, 3.8) is 0 Å². The number of thiophene rings is 1. The quantitative estimate of drug-likeness (QED) is 0.642. The second-order valence-electron chi connectivity index (χ2n) is 6.36. The van der Waals surface area contributed by atoms with Gasteiger partial charge < -0.3 is 10.1 Å². The summed E-state index contributed by atoms with van der Waals surface area (Å²) < 4.78 is 4.99. The Morgan fingerprint density at radius 3 is 2.70 bits per heavy atom. The Kier molecular flexibility index (Phi) is 5.05. The second-order valence-corrected chi connectivity index (χ2v) is 7.96. The molecular formula is C20H18N2O3S2. The van der Waals surface area contributed by atoms with Crippen LogP contribution in [-0.2, 0) is 17.6 Å². The first-order valence-corrected chi connectivity index (χ1v) is 10.5. The molecule has 0 atom stereocenters. The number of rotatable bonds is 4. The number of hydrogen-bond acceptors (Lipinski definition) is 6. The summed E-state index contributed by atoms with van der Waals surface area (Å²) in [4.78, 5) is 28.8. The third kappa shape index (κ3) is 3.52. The van der Waals surface area contributed by atoms with Gasteiger partial charge in [0.2, 0.25) is 0 Å². The number of fused-ring (bicyclic) bond motifs is 1. The standard InChI is InChI=1S/C20H18N2O3S2/c1-25-20(24)17-15(14-7-6-12-4-2-3-5-13(12)8-14)9-27-19(17)22-18(23)16-10-26-11-21-16/h6-11H,2-5H2,1H3,(H,22,23). The van der Waals surface area contributed by atoms with Gasteiger partial charge in [0.25, 0.3) is 5.91 Å². The number of carbonyl (C=O) groups is 2. The fourth-order valence-corrected chi connectivity index (χ4v) is 4.84. The smallest absolute Gasteiger partial charge is 0.341 e. The van der Waals surface area contributed by atoms with Crippen LogP contribution < -0.4 is 5.32 Å². The average molecular weight is 399 g/mol. The summed E-state index contributed by atoms with van der Waals surface area (Å²) in [5.74, 6) is -0.794. The molecule has 1 aromatic carbocycles. The van der Waals surface area contributed by atoms with Gasteiger partial charge in [-0.25, -0.2) is 9.78 Å². The zero-order chi connectivity index (χ0) is 18.8. The lowest BCUT2D eigenvalue weighted by molar-refractivity contribution is 0.0603. The molecule has 0 fully saturated rings. The number of benzene rings is 1. The Labute approximate surface area is 165 Å². The second kappa shape index (κ2) is 7.62. The maximum atomic E-state index is 12.5. The molecule has 0 aliphatic heterocycles. The Hall–Kier alpha value is -2.51. The Bertz CT molecular complexity index is 993. The minimum atomic E-state index is -0.461. The van der Waals surface area contributed by atoms with Gasteiger partial charge in [-0.15, -0.1) is 22.7 Å². The molecule has 0 radical (unpaired) electrons. The molecule has 1 N–H and O–H groups in total. The van der Waals surface area contributed by atoms with E-state index in [1.165, 1.54) is 53.8 Å². The number of anilines is 1. The summed E-state index contributed by atoms with van der Waals surface area (Å²) in [5, 5.41) is 6.85. The first kappa shape index (κ1) is 17.9. The SMILES string of the molecule is COC(=O)c1c(-c2ccc3c(c2)CCCC3)csc1NC(=O)c1cscn1. The van der Waals surface area contributed by atoms with E-state index in [-0.39, 0.29) is 5.91 Å². The van der Waals surface area contributed by atoms with Crippen molar-refractivity contribution in [1.29, 1.82) is 0 Å². The maximum absolute atomic E-state index is 12.5.